The molecule has 0 unspecified atom stereocenters. The molecule has 4 heteroatoms. The molecule has 0 spiro atoms. The number of hydrogen-bond donors (Lipinski definition) is 2. The first-order valence-corrected chi connectivity index (χ1v) is 3.54. The summed E-state index contributed by atoms with van der Waals surface area (Å²) in [6.45, 7) is 4.51. The van der Waals surface area contributed by atoms with Crippen molar-refractivity contribution in [1.82, 2.24) is 9.97 Å². The molecule has 0 aromatic carbocycles. The van der Waals surface area contributed by atoms with Gasteiger partial charge in [-0.2, -0.15) is 4.98 Å². The molecule has 11 heavy (non-hydrogen) atoms. The van der Waals surface area contributed by atoms with E-state index in [-0.39, 0.29) is 5.56 Å². The Morgan fingerprint density at radius 2 is 2.45 bits per heavy atom. The molecule has 1 heterocycles. The Balaban J connectivity index is 2.99. The largest absolute Gasteiger partial charge is 0.372 e. The summed E-state index contributed by atoms with van der Waals surface area (Å²) in [5, 5.41) is 2.99. The van der Waals surface area contributed by atoms with Crippen LogP contribution < -0.4 is 10.9 Å². The minimum atomic E-state index is -0.211. The van der Waals surface area contributed by atoms with E-state index < -0.39 is 0 Å². The van der Waals surface area contributed by atoms with Gasteiger partial charge < -0.3 is 10.3 Å². The number of nitrogens with zero attached hydrogens (tertiary/aromatic N) is 1. The molecule has 1 rings (SSSR count). The molecule has 2 N–H and O–H groups in total. The molecule has 0 aliphatic carbocycles. The molecule has 0 aliphatic heterocycles. The Hall–Kier alpha value is -1.32. The Morgan fingerprint density at radius 1 is 1.73 bits per heavy atom. The number of aromatic amines is 1. The number of hydrogen-bond acceptors (Lipinski definition) is 3. The third-order valence-corrected chi connectivity index (χ3v) is 1.23. The molecular weight excluding hydrogens is 142 g/mol. The van der Waals surface area contributed by atoms with Crippen molar-refractivity contribution in [3.05, 3.63) is 22.2 Å². The predicted octanol–water partition coefficient (Wildman–Crippen LogP) is 0.510. The van der Waals surface area contributed by atoms with Crippen LogP contribution in [-0.2, 0) is 0 Å². The average molecular weight is 153 g/mol. The summed E-state index contributed by atoms with van der Waals surface area (Å²) in [5.74, 6) is 1.36. The van der Waals surface area contributed by atoms with Gasteiger partial charge in [0.1, 0.15) is 11.6 Å². The van der Waals surface area contributed by atoms with Crippen LogP contribution in [0.3, 0.4) is 0 Å². The molecule has 60 valence electrons. The van der Waals surface area contributed by atoms with Crippen LogP contribution in [-0.4, -0.2) is 16.5 Å². The topological polar surface area (TPSA) is 57.8 Å². The van der Waals surface area contributed by atoms with Crippen molar-refractivity contribution in [2.24, 2.45) is 0 Å². The average Bonchev–Trinajstić information content (AvgIpc) is 1.85. The van der Waals surface area contributed by atoms with Crippen molar-refractivity contribution < 1.29 is 0 Å². The van der Waals surface area contributed by atoms with Crippen LogP contribution in [0.4, 0.5) is 5.82 Å². The van der Waals surface area contributed by atoms with Crippen molar-refractivity contribution in [3.63, 3.8) is 0 Å². The normalized spacial score (nSPS) is 9.64. The molecule has 0 radical (unpaired) electrons. The molecule has 0 bridgehead atoms. The highest BCUT2D eigenvalue weighted by Crippen LogP contribution is 1.95. The smallest absolute Gasteiger partial charge is 0.274 e. The summed E-state index contributed by atoms with van der Waals surface area (Å²) in [6.07, 6.45) is 0. The highest BCUT2D eigenvalue weighted by atomic mass is 16.1. The van der Waals surface area contributed by atoms with Crippen molar-refractivity contribution in [2.75, 3.05) is 11.9 Å². The van der Waals surface area contributed by atoms with Crippen molar-refractivity contribution in [3.8, 4) is 0 Å². The van der Waals surface area contributed by atoms with E-state index in [1.165, 1.54) is 6.07 Å². The number of rotatable bonds is 2. The molecule has 1 aromatic heterocycles. The maximum Gasteiger partial charge on any atom is 0.274 e. The molecule has 0 saturated carbocycles. The quantitative estimate of drug-likeness (QED) is 0.650. The van der Waals surface area contributed by atoms with Crippen LogP contribution in [0.25, 0.3) is 0 Å². The van der Waals surface area contributed by atoms with Gasteiger partial charge in [0.05, 0.1) is 0 Å². The SMILES string of the molecule is CCNc1cc(=O)nc(C)[nH]1. The van der Waals surface area contributed by atoms with E-state index in [1.54, 1.807) is 6.92 Å². The van der Waals surface area contributed by atoms with Gasteiger partial charge in [0, 0.05) is 12.6 Å². The van der Waals surface area contributed by atoms with Crippen LogP contribution in [0.2, 0.25) is 0 Å². The van der Waals surface area contributed by atoms with Crippen LogP contribution in [0.15, 0.2) is 10.9 Å². The van der Waals surface area contributed by atoms with Gasteiger partial charge in [-0.05, 0) is 13.8 Å². The first-order valence-electron chi connectivity index (χ1n) is 3.54. The summed E-state index contributed by atoms with van der Waals surface area (Å²) >= 11 is 0. The maximum absolute atomic E-state index is 10.8. The van der Waals surface area contributed by atoms with E-state index in [1.807, 2.05) is 6.92 Å². The van der Waals surface area contributed by atoms with Crippen molar-refractivity contribution in [2.45, 2.75) is 13.8 Å². The van der Waals surface area contributed by atoms with E-state index in [2.05, 4.69) is 15.3 Å². The lowest BCUT2D eigenvalue weighted by Crippen LogP contribution is -2.11. The second kappa shape index (κ2) is 3.18. The minimum Gasteiger partial charge on any atom is -0.372 e. The van der Waals surface area contributed by atoms with Crippen molar-refractivity contribution >= 4 is 5.82 Å². The van der Waals surface area contributed by atoms with Crippen LogP contribution in [0.1, 0.15) is 12.7 Å². The second-order valence-corrected chi connectivity index (χ2v) is 2.25. The number of H-pyrrole nitrogens is 1. The first-order chi connectivity index (χ1) is 5.22. The van der Waals surface area contributed by atoms with E-state index >= 15 is 0 Å². The third-order valence-electron chi connectivity index (χ3n) is 1.23. The highest BCUT2D eigenvalue weighted by Gasteiger charge is 1.93. The van der Waals surface area contributed by atoms with Crippen LogP contribution >= 0.6 is 0 Å². The lowest BCUT2D eigenvalue weighted by molar-refractivity contribution is 1.01. The Bertz CT molecular complexity index is 292. The summed E-state index contributed by atoms with van der Waals surface area (Å²) in [7, 11) is 0. The summed E-state index contributed by atoms with van der Waals surface area (Å²) < 4.78 is 0. The van der Waals surface area contributed by atoms with Crippen LogP contribution in [0, 0.1) is 6.92 Å². The zero-order chi connectivity index (χ0) is 8.27. The van der Waals surface area contributed by atoms with E-state index in [0.29, 0.717) is 5.82 Å². The number of nitrogens with one attached hydrogen (secondary N) is 2. The lowest BCUT2D eigenvalue weighted by Gasteiger charge is -2.01. The maximum atomic E-state index is 10.8. The van der Waals surface area contributed by atoms with E-state index in [0.717, 1.165) is 12.4 Å². The Morgan fingerprint density at radius 3 is 3.00 bits per heavy atom. The van der Waals surface area contributed by atoms with E-state index in [9.17, 15) is 4.79 Å². The van der Waals surface area contributed by atoms with Gasteiger partial charge in [0.2, 0.25) is 0 Å². The zero-order valence-electron chi connectivity index (χ0n) is 6.64. The van der Waals surface area contributed by atoms with Gasteiger partial charge in [-0.15, -0.1) is 0 Å². The third kappa shape index (κ3) is 2.07. The summed E-state index contributed by atoms with van der Waals surface area (Å²) in [5.41, 5.74) is -0.211. The fourth-order valence-corrected chi connectivity index (χ4v) is 0.866. The highest BCUT2D eigenvalue weighted by molar-refractivity contribution is 5.32. The Labute approximate surface area is 64.7 Å². The van der Waals surface area contributed by atoms with Crippen molar-refractivity contribution in [1.29, 1.82) is 0 Å². The standard InChI is InChI=1S/C7H11N3O/c1-3-8-6-4-7(11)10-5(2)9-6/h4H,3H2,1-2H3,(H2,8,9,10,11). The number of aryl methyl sites for hydroxylation is 1. The lowest BCUT2D eigenvalue weighted by atomic mass is 10.5. The molecule has 0 fully saturated rings. The summed E-state index contributed by atoms with van der Waals surface area (Å²) in [4.78, 5) is 17.4. The molecule has 4 nitrogen and oxygen atoms in total. The van der Waals surface area contributed by atoms with Gasteiger partial charge in [-0.3, -0.25) is 4.79 Å². The van der Waals surface area contributed by atoms with Gasteiger partial charge in [0.15, 0.2) is 0 Å². The molecule has 0 amide bonds. The molecule has 0 aliphatic rings. The van der Waals surface area contributed by atoms with E-state index in [4.69, 9.17) is 0 Å². The first kappa shape index (κ1) is 7.78. The van der Waals surface area contributed by atoms with Gasteiger partial charge >= 0.3 is 0 Å². The van der Waals surface area contributed by atoms with Gasteiger partial charge in [0.25, 0.3) is 5.56 Å². The summed E-state index contributed by atoms with van der Waals surface area (Å²) in [6, 6.07) is 1.44. The fraction of sp³-hybridized carbons (Fsp3) is 0.429. The van der Waals surface area contributed by atoms with Gasteiger partial charge in [-0.25, -0.2) is 0 Å². The number of aromatic nitrogens is 2. The second-order valence-electron chi connectivity index (χ2n) is 2.25. The monoisotopic (exact) mass is 153 g/mol. The molecule has 0 atom stereocenters. The minimum absolute atomic E-state index is 0.211. The molecule has 1 aromatic rings. The predicted molar refractivity (Wildman–Crippen MR) is 43.8 cm³/mol. The van der Waals surface area contributed by atoms with Gasteiger partial charge in [-0.1, -0.05) is 0 Å². The molecule has 0 saturated heterocycles. The Kier molecular flexibility index (Phi) is 2.25. The van der Waals surface area contributed by atoms with Crippen LogP contribution in [0.5, 0.6) is 0 Å². The number of anilines is 1. The zero-order valence-corrected chi connectivity index (χ0v) is 6.64. The molecular formula is C7H11N3O. The fourth-order valence-electron chi connectivity index (χ4n) is 0.866.